The van der Waals surface area contributed by atoms with Crippen molar-refractivity contribution in [3.05, 3.63) is 17.0 Å². The summed E-state index contributed by atoms with van der Waals surface area (Å²) < 4.78 is 0. The molecule has 16 heavy (non-hydrogen) atoms. The Morgan fingerprint density at radius 3 is 2.94 bits per heavy atom. The zero-order valence-corrected chi connectivity index (χ0v) is 9.10. The zero-order valence-electron chi connectivity index (χ0n) is 9.10. The zero-order chi connectivity index (χ0) is 11.7. The minimum absolute atomic E-state index is 0.0423. The van der Waals surface area contributed by atoms with Gasteiger partial charge in [-0.3, -0.25) is 4.90 Å². The van der Waals surface area contributed by atoms with E-state index in [4.69, 9.17) is 10.8 Å². The topological polar surface area (TPSA) is 92.3 Å². The molecule has 2 heterocycles. The fourth-order valence-corrected chi connectivity index (χ4v) is 1.94. The van der Waals surface area contributed by atoms with Crippen molar-refractivity contribution in [1.29, 1.82) is 0 Å². The van der Waals surface area contributed by atoms with E-state index < -0.39 is 5.97 Å². The Hall–Kier alpha value is -1.69. The number of hydrogen-bond acceptors (Lipinski definition) is 5. The number of nitrogens with zero attached hydrogens (tertiary/aromatic N) is 3. The third kappa shape index (κ3) is 1.83. The highest BCUT2D eigenvalue weighted by atomic mass is 16.4. The van der Waals surface area contributed by atoms with Crippen LogP contribution in [0.1, 0.15) is 28.7 Å². The molecule has 0 amide bonds. The van der Waals surface area contributed by atoms with Crippen LogP contribution < -0.4 is 5.73 Å². The van der Waals surface area contributed by atoms with Crippen LogP contribution in [0.5, 0.6) is 0 Å². The maximum absolute atomic E-state index is 11.1. The number of hydrogen-bond donors (Lipinski definition) is 2. The van der Waals surface area contributed by atoms with Gasteiger partial charge in [0.15, 0.2) is 5.69 Å². The maximum Gasteiger partial charge on any atom is 0.355 e. The number of likely N-dealkylation sites (N-methyl/N-ethyl adjacent to an activating group) is 1. The molecule has 0 aromatic carbocycles. The molecule has 2 rings (SSSR count). The van der Waals surface area contributed by atoms with Crippen molar-refractivity contribution in [3.8, 4) is 0 Å². The molecule has 86 valence electrons. The van der Waals surface area contributed by atoms with E-state index in [1.807, 2.05) is 6.92 Å². The van der Waals surface area contributed by atoms with Gasteiger partial charge in [-0.2, -0.15) is 0 Å². The molecule has 0 atom stereocenters. The van der Waals surface area contributed by atoms with Gasteiger partial charge in [-0.25, -0.2) is 14.8 Å². The summed E-state index contributed by atoms with van der Waals surface area (Å²) in [6.45, 7) is 4.42. The molecule has 0 fully saturated rings. The van der Waals surface area contributed by atoms with E-state index in [-0.39, 0.29) is 11.6 Å². The average molecular weight is 222 g/mol. The molecule has 1 aromatic rings. The molecule has 0 saturated heterocycles. The Balaban J connectivity index is 2.47. The van der Waals surface area contributed by atoms with Gasteiger partial charge in [0.1, 0.15) is 0 Å². The van der Waals surface area contributed by atoms with Crippen molar-refractivity contribution in [2.75, 3.05) is 18.8 Å². The molecule has 0 unspecified atom stereocenters. The maximum atomic E-state index is 11.1. The molecular formula is C10H14N4O2. The lowest BCUT2D eigenvalue weighted by atomic mass is 10.0. The number of carbonyl (C=O) groups is 1. The van der Waals surface area contributed by atoms with Crippen molar-refractivity contribution < 1.29 is 9.90 Å². The Morgan fingerprint density at radius 2 is 2.31 bits per heavy atom. The first-order chi connectivity index (χ1) is 7.61. The second-order valence-electron chi connectivity index (χ2n) is 3.78. The Kier molecular flexibility index (Phi) is 2.74. The first kappa shape index (κ1) is 10.8. The van der Waals surface area contributed by atoms with Gasteiger partial charge < -0.3 is 10.8 Å². The van der Waals surface area contributed by atoms with Crippen molar-refractivity contribution in [1.82, 2.24) is 14.9 Å². The van der Waals surface area contributed by atoms with E-state index in [1.165, 1.54) is 0 Å². The number of aromatic carboxylic acids is 1. The van der Waals surface area contributed by atoms with Crippen LogP contribution in [0, 0.1) is 0 Å². The summed E-state index contributed by atoms with van der Waals surface area (Å²) in [6.07, 6.45) is 0.732. The summed E-state index contributed by atoms with van der Waals surface area (Å²) >= 11 is 0. The summed E-state index contributed by atoms with van der Waals surface area (Å²) in [4.78, 5) is 21.1. The first-order valence-corrected chi connectivity index (χ1v) is 5.22. The van der Waals surface area contributed by atoms with E-state index in [2.05, 4.69) is 14.9 Å². The lowest BCUT2D eigenvalue weighted by molar-refractivity contribution is 0.0686. The van der Waals surface area contributed by atoms with E-state index in [0.29, 0.717) is 12.1 Å². The van der Waals surface area contributed by atoms with Gasteiger partial charge in [0.05, 0.1) is 5.69 Å². The van der Waals surface area contributed by atoms with Gasteiger partial charge in [0.25, 0.3) is 0 Å². The van der Waals surface area contributed by atoms with Crippen LogP contribution >= 0.6 is 0 Å². The highest BCUT2D eigenvalue weighted by Crippen LogP contribution is 2.20. The molecule has 0 radical (unpaired) electrons. The molecule has 0 spiro atoms. The van der Waals surface area contributed by atoms with Crippen LogP contribution in [0.4, 0.5) is 5.95 Å². The highest BCUT2D eigenvalue weighted by Gasteiger charge is 2.24. The fourth-order valence-electron chi connectivity index (χ4n) is 1.94. The van der Waals surface area contributed by atoms with Crippen LogP contribution in [0.15, 0.2) is 0 Å². The molecular weight excluding hydrogens is 208 g/mol. The lowest BCUT2D eigenvalue weighted by Crippen LogP contribution is -2.33. The number of nitrogens with two attached hydrogens (primary N) is 1. The van der Waals surface area contributed by atoms with Gasteiger partial charge in [0.2, 0.25) is 5.95 Å². The number of carboxylic acids is 1. The third-order valence-electron chi connectivity index (χ3n) is 2.81. The van der Waals surface area contributed by atoms with Gasteiger partial charge in [-0.1, -0.05) is 6.92 Å². The number of aromatic nitrogens is 2. The minimum atomic E-state index is -1.04. The summed E-state index contributed by atoms with van der Waals surface area (Å²) in [7, 11) is 0. The molecule has 1 aliphatic rings. The van der Waals surface area contributed by atoms with Gasteiger partial charge >= 0.3 is 5.97 Å². The van der Waals surface area contributed by atoms with Crippen molar-refractivity contribution >= 4 is 11.9 Å². The number of fused-ring (bicyclic) bond motifs is 1. The van der Waals surface area contributed by atoms with Crippen molar-refractivity contribution in [2.45, 2.75) is 19.9 Å². The van der Waals surface area contributed by atoms with E-state index in [9.17, 15) is 4.79 Å². The normalized spacial score (nSPS) is 15.8. The Morgan fingerprint density at radius 1 is 1.56 bits per heavy atom. The monoisotopic (exact) mass is 222 g/mol. The molecule has 0 aliphatic carbocycles. The predicted octanol–water partition coefficient (Wildman–Crippen LogP) is 0.135. The number of nitrogen functional groups attached to an aromatic ring is 1. The van der Waals surface area contributed by atoms with Crippen molar-refractivity contribution in [2.24, 2.45) is 0 Å². The molecule has 1 aliphatic heterocycles. The molecule has 1 aromatic heterocycles. The fraction of sp³-hybridized carbons (Fsp3) is 0.500. The molecule has 6 nitrogen and oxygen atoms in total. The summed E-state index contributed by atoms with van der Waals surface area (Å²) in [5, 5.41) is 9.06. The Bertz CT molecular complexity index is 433. The van der Waals surface area contributed by atoms with Crippen LogP contribution in [0.2, 0.25) is 0 Å². The van der Waals surface area contributed by atoms with Crippen molar-refractivity contribution in [3.63, 3.8) is 0 Å². The van der Waals surface area contributed by atoms with E-state index >= 15 is 0 Å². The summed E-state index contributed by atoms with van der Waals surface area (Å²) in [5.41, 5.74) is 7.01. The molecule has 0 bridgehead atoms. The lowest BCUT2D eigenvalue weighted by Gasteiger charge is -2.27. The average Bonchev–Trinajstić information content (AvgIpc) is 2.27. The standard InChI is InChI=1S/C10H14N4O2/c1-2-14-4-3-7-6(5-14)8(9(15)16)13-10(11)12-7/h2-5H2,1H3,(H,15,16)(H2,11,12,13). The summed E-state index contributed by atoms with van der Waals surface area (Å²) in [6, 6.07) is 0. The van der Waals surface area contributed by atoms with Crippen LogP contribution in [0.25, 0.3) is 0 Å². The van der Waals surface area contributed by atoms with E-state index in [1.54, 1.807) is 0 Å². The predicted molar refractivity (Wildman–Crippen MR) is 58.1 cm³/mol. The number of anilines is 1. The minimum Gasteiger partial charge on any atom is -0.476 e. The number of rotatable bonds is 2. The quantitative estimate of drug-likeness (QED) is 0.739. The van der Waals surface area contributed by atoms with Crippen LogP contribution in [-0.2, 0) is 13.0 Å². The SMILES string of the molecule is CCN1CCc2nc(N)nc(C(=O)O)c2C1. The van der Waals surface area contributed by atoms with Gasteiger partial charge in [0, 0.05) is 25.1 Å². The molecule has 6 heteroatoms. The smallest absolute Gasteiger partial charge is 0.355 e. The van der Waals surface area contributed by atoms with Gasteiger partial charge in [-0.15, -0.1) is 0 Å². The van der Waals surface area contributed by atoms with Crippen LogP contribution in [0.3, 0.4) is 0 Å². The highest BCUT2D eigenvalue weighted by molar-refractivity contribution is 5.87. The Labute approximate surface area is 93.1 Å². The van der Waals surface area contributed by atoms with E-state index in [0.717, 1.165) is 25.2 Å². The molecule has 3 N–H and O–H groups in total. The van der Waals surface area contributed by atoms with Gasteiger partial charge in [-0.05, 0) is 6.54 Å². The first-order valence-electron chi connectivity index (χ1n) is 5.22. The molecule has 0 saturated carbocycles. The second kappa shape index (κ2) is 4.05. The number of carboxylic acid groups (broad SMARTS) is 1. The van der Waals surface area contributed by atoms with Crippen LogP contribution in [-0.4, -0.2) is 39.0 Å². The third-order valence-corrected chi connectivity index (χ3v) is 2.81. The second-order valence-corrected chi connectivity index (χ2v) is 3.78. The summed E-state index contributed by atoms with van der Waals surface area (Å²) in [5.74, 6) is -0.996. The largest absolute Gasteiger partial charge is 0.476 e.